The number of hydrogen-bond acceptors (Lipinski definition) is 4. The van der Waals surface area contributed by atoms with Crippen molar-refractivity contribution in [3.05, 3.63) is 12.2 Å². The first-order valence-electron chi connectivity index (χ1n) is 7.91. The van der Waals surface area contributed by atoms with Gasteiger partial charge in [-0.1, -0.05) is 12.2 Å². The molecule has 4 N–H and O–H groups in total. The summed E-state index contributed by atoms with van der Waals surface area (Å²) in [7, 11) is 0. The van der Waals surface area contributed by atoms with E-state index >= 15 is 0 Å². The van der Waals surface area contributed by atoms with Gasteiger partial charge in [0.2, 0.25) is 0 Å². The van der Waals surface area contributed by atoms with Crippen molar-refractivity contribution < 1.29 is 25.2 Å². The van der Waals surface area contributed by atoms with Gasteiger partial charge >= 0.3 is 5.97 Å². The van der Waals surface area contributed by atoms with Crippen LogP contribution >= 0.6 is 0 Å². The highest BCUT2D eigenvalue weighted by Crippen LogP contribution is 2.36. The van der Waals surface area contributed by atoms with Crippen molar-refractivity contribution in [3.8, 4) is 0 Å². The lowest BCUT2D eigenvalue weighted by atomic mass is 9.89. The monoisotopic (exact) mass is 300 g/mol. The number of rotatable bonds is 10. The predicted octanol–water partition coefficient (Wildman–Crippen LogP) is 1.71. The number of aliphatic hydroxyl groups excluding tert-OH is 3. The zero-order chi connectivity index (χ0) is 15.7. The lowest BCUT2D eigenvalue weighted by Gasteiger charge is -2.19. The fourth-order valence-corrected chi connectivity index (χ4v) is 3.04. The van der Waals surface area contributed by atoms with Gasteiger partial charge in [0, 0.05) is 13.0 Å². The van der Waals surface area contributed by atoms with Gasteiger partial charge in [0.05, 0.1) is 12.2 Å². The lowest BCUT2D eigenvalue weighted by molar-refractivity contribution is -0.137. The fraction of sp³-hybridized carbons (Fsp3) is 0.812. The van der Waals surface area contributed by atoms with Crippen LogP contribution in [0.4, 0.5) is 0 Å². The summed E-state index contributed by atoms with van der Waals surface area (Å²) in [5, 5.41) is 37.2. The Morgan fingerprint density at radius 1 is 1.24 bits per heavy atom. The van der Waals surface area contributed by atoms with Gasteiger partial charge in [-0.15, -0.1) is 0 Å². The Morgan fingerprint density at radius 3 is 2.67 bits per heavy atom. The first-order valence-corrected chi connectivity index (χ1v) is 7.91. The maximum atomic E-state index is 10.5. The van der Waals surface area contributed by atoms with Crippen LogP contribution in [0.15, 0.2) is 12.2 Å². The molecule has 0 bridgehead atoms. The number of allylic oxidation sites excluding steroid dienone is 1. The molecule has 1 rings (SSSR count). The van der Waals surface area contributed by atoms with Crippen molar-refractivity contribution in [1.29, 1.82) is 0 Å². The second kappa shape index (κ2) is 9.92. The van der Waals surface area contributed by atoms with Crippen molar-refractivity contribution in [1.82, 2.24) is 0 Å². The van der Waals surface area contributed by atoms with Crippen LogP contribution in [-0.4, -0.2) is 45.2 Å². The van der Waals surface area contributed by atoms with Crippen molar-refractivity contribution in [2.45, 2.75) is 63.6 Å². The van der Waals surface area contributed by atoms with E-state index < -0.39 is 12.1 Å². The van der Waals surface area contributed by atoms with Crippen molar-refractivity contribution in [2.24, 2.45) is 11.8 Å². The lowest BCUT2D eigenvalue weighted by Crippen LogP contribution is -2.18. The third kappa shape index (κ3) is 7.07. The third-order valence-electron chi connectivity index (χ3n) is 4.26. The molecule has 0 radical (unpaired) electrons. The molecule has 1 aliphatic rings. The minimum Gasteiger partial charge on any atom is -0.481 e. The summed E-state index contributed by atoms with van der Waals surface area (Å²) in [5.74, 6) is -0.472. The van der Waals surface area contributed by atoms with E-state index in [-0.39, 0.29) is 31.0 Å². The molecular formula is C16H28O5. The van der Waals surface area contributed by atoms with Crippen LogP contribution in [0.25, 0.3) is 0 Å². The van der Waals surface area contributed by atoms with E-state index in [1.54, 1.807) is 6.08 Å². The molecule has 0 aliphatic heterocycles. The van der Waals surface area contributed by atoms with Crippen LogP contribution in [0.3, 0.4) is 0 Å². The van der Waals surface area contributed by atoms with Gasteiger partial charge in [-0.3, -0.25) is 4.79 Å². The number of aliphatic hydroxyl groups is 3. The molecule has 0 heterocycles. The quantitative estimate of drug-likeness (QED) is 0.364. The van der Waals surface area contributed by atoms with Gasteiger partial charge in [-0.2, -0.15) is 0 Å². The number of hydrogen-bond donors (Lipinski definition) is 4. The number of unbranched alkanes of at least 4 members (excludes halogenated alkanes) is 1. The molecule has 0 amide bonds. The average Bonchev–Trinajstić information content (AvgIpc) is 2.78. The molecule has 1 saturated carbocycles. The van der Waals surface area contributed by atoms with Gasteiger partial charge < -0.3 is 20.4 Å². The van der Waals surface area contributed by atoms with Gasteiger partial charge in [0.15, 0.2) is 0 Å². The molecule has 0 aromatic heterocycles. The standard InChI is InChI=1S/C16H28O5/c17-11-2-1-4-13(18)9-7-12-8-10-15(19)14(12)5-3-6-16(20)21/h7,9,12-15,17-19H,1-6,8,10-11H2,(H,20,21). The average molecular weight is 300 g/mol. The summed E-state index contributed by atoms with van der Waals surface area (Å²) in [6.07, 6.45) is 8.08. The van der Waals surface area contributed by atoms with E-state index in [0.29, 0.717) is 25.7 Å². The molecular weight excluding hydrogens is 272 g/mol. The van der Waals surface area contributed by atoms with E-state index in [4.69, 9.17) is 10.2 Å². The second-order valence-corrected chi connectivity index (χ2v) is 5.93. The maximum absolute atomic E-state index is 10.5. The Morgan fingerprint density at radius 2 is 2.00 bits per heavy atom. The Balaban J connectivity index is 2.38. The van der Waals surface area contributed by atoms with Crippen LogP contribution in [0.1, 0.15) is 51.4 Å². The Kier molecular flexibility index (Phi) is 8.57. The summed E-state index contributed by atoms with van der Waals surface area (Å²) in [5.41, 5.74) is 0. The van der Waals surface area contributed by atoms with E-state index in [1.165, 1.54) is 0 Å². The number of carbonyl (C=O) groups is 1. The number of aliphatic carboxylic acids is 1. The molecule has 5 heteroatoms. The maximum Gasteiger partial charge on any atom is 0.303 e. The Hall–Kier alpha value is -0.910. The minimum atomic E-state index is -0.797. The highest BCUT2D eigenvalue weighted by Gasteiger charge is 2.32. The molecule has 0 spiro atoms. The van der Waals surface area contributed by atoms with Gasteiger partial charge in [0.1, 0.15) is 0 Å². The molecule has 4 atom stereocenters. The largest absolute Gasteiger partial charge is 0.481 e. The zero-order valence-corrected chi connectivity index (χ0v) is 12.5. The molecule has 0 aromatic carbocycles. The second-order valence-electron chi connectivity index (χ2n) is 5.93. The van der Waals surface area contributed by atoms with Crippen LogP contribution in [0, 0.1) is 11.8 Å². The number of carboxylic acids is 1. The Labute approximate surface area is 126 Å². The van der Waals surface area contributed by atoms with E-state index in [1.807, 2.05) is 6.08 Å². The molecule has 122 valence electrons. The molecule has 0 saturated heterocycles. The van der Waals surface area contributed by atoms with E-state index in [2.05, 4.69) is 0 Å². The predicted molar refractivity (Wildman–Crippen MR) is 79.8 cm³/mol. The van der Waals surface area contributed by atoms with Gasteiger partial charge in [-0.05, 0) is 56.8 Å². The van der Waals surface area contributed by atoms with Crippen molar-refractivity contribution in [3.63, 3.8) is 0 Å². The number of carboxylic acid groups (broad SMARTS) is 1. The molecule has 0 aromatic rings. The topological polar surface area (TPSA) is 98.0 Å². The van der Waals surface area contributed by atoms with Crippen LogP contribution in [-0.2, 0) is 4.79 Å². The summed E-state index contributed by atoms with van der Waals surface area (Å²) in [4.78, 5) is 10.5. The first kappa shape index (κ1) is 18.1. The minimum absolute atomic E-state index is 0.102. The summed E-state index contributed by atoms with van der Waals surface area (Å²) < 4.78 is 0. The molecule has 1 fully saturated rings. The van der Waals surface area contributed by atoms with Gasteiger partial charge in [0.25, 0.3) is 0 Å². The molecule has 1 aliphatic carbocycles. The summed E-state index contributed by atoms with van der Waals surface area (Å²) in [6.45, 7) is 0.150. The Bertz CT molecular complexity index is 329. The molecule has 21 heavy (non-hydrogen) atoms. The highest BCUT2D eigenvalue weighted by atomic mass is 16.4. The van der Waals surface area contributed by atoms with Crippen molar-refractivity contribution in [2.75, 3.05) is 6.61 Å². The summed E-state index contributed by atoms with van der Waals surface area (Å²) >= 11 is 0. The molecule has 4 unspecified atom stereocenters. The van der Waals surface area contributed by atoms with E-state index in [9.17, 15) is 15.0 Å². The third-order valence-corrected chi connectivity index (χ3v) is 4.26. The van der Waals surface area contributed by atoms with Crippen LogP contribution < -0.4 is 0 Å². The van der Waals surface area contributed by atoms with E-state index in [0.717, 1.165) is 19.3 Å². The van der Waals surface area contributed by atoms with Crippen molar-refractivity contribution >= 4 is 5.97 Å². The van der Waals surface area contributed by atoms with Crippen LogP contribution in [0.5, 0.6) is 0 Å². The normalized spacial score (nSPS) is 27.3. The molecule has 5 nitrogen and oxygen atoms in total. The SMILES string of the molecule is O=C(O)CCCC1C(O)CCC1C=CC(O)CCCCO. The summed E-state index contributed by atoms with van der Waals surface area (Å²) in [6, 6.07) is 0. The van der Waals surface area contributed by atoms with Gasteiger partial charge in [-0.25, -0.2) is 0 Å². The smallest absolute Gasteiger partial charge is 0.303 e. The first-order chi connectivity index (χ1) is 10.0. The zero-order valence-electron chi connectivity index (χ0n) is 12.5. The van der Waals surface area contributed by atoms with Crippen LogP contribution in [0.2, 0.25) is 0 Å². The highest BCUT2D eigenvalue weighted by molar-refractivity contribution is 5.66. The fourth-order valence-electron chi connectivity index (χ4n) is 3.04.